The van der Waals surface area contributed by atoms with E-state index in [0.29, 0.717) is 23.0 Å². The molecule has 114 valence electrons. The molecule has 1 aromatic rings. The van der Waals surface area contributed by atoms with Crippen molar-refractivity contribution >= 4 is 23.4 Å². The molecule has 0 spiro atoms. The molecule has 0 saturated carbocycles. The maximum Gasteiger partial charge on any atom is 0.251 e. The van der Waals surface area contributed by atoms with Gasteiger partial charge in [-0.1, -0.05) is 24.9 Å². The van der Waals surface area contributed by atoms with E-state index in [1.54, 1.807) is 31.2 Å². The van der Waals surface area contributed by atoms with E-state index in [0.717, 1.165) is 19.4 Å². The monoisotopic (exact) mass is 308 g/mol. The summed E-state index contributed by atoms with van der Waals surface area (Å²) in [5.74, 6) is 0.290. The first-order valence-corrected chi connectivity index (χ1v) is 7.71. The van der Waals surface area contributed by atoms with Crippen molar-refractivity contribution in [2.75, 3.05) is 13.1 Å². The number of rotatable bonds is 4. The molecular formula is C16H21ClN2O2. The van der Waals surface area contributed by atoms with Crippen LogP contribution in [0, 0.1) is 5.92 Å². The molecule has 1 aromatic carbocycles. The highest BCUT2D eigenvalue weighted by Gasteiger charge is 2.34. The lowest BCUT2D eigenvalue weighted by atomic mass is 9.98. The number of carbonyl (C=O) groups excluding carboxylic acids is 2. The van der Waals surface area contributed by atoms with Gasteiger partial charge in [-0.2, -0.15) is 0 Å². The van der Waals surface area contributed by atoms with E-state index in [4.69, 9.17) is 11.6 Å². The molecule has 2 atom stereocenters. The molecule has 21 heavy (non-hydrogen) atoms. The van der Waals surface area contributed by atoms with E-state index < -0.39 is 0 Å². The Morgan fingerprint density at radius 1 is 1.29 bits per heavy atom. The Bertz CT molecular complexity index is 516. The summed E-state index contributed by atoms with van der Waals surface area (Å²) in [5, 5.41) is 3.67. The third kappa shape index (κ3) is 3.97. The molecule has 0 unspecified atom stereocenters. The summed E-state index contributed by atoms with van der Waals surface area (Å²) in [4.78, 5) is 25.6. The highest BCUT2D eigenvalue weighted by molar-refractivity contribution is 6.30. The highest BCUT2D eigenvalue weighted by atomic mass is 35.5. The number of carbonyl (C=O) groups is 2. The van der Waals surface area contributed by atoms with Crippen LogP contribution in [-0.2, 0) is 4.79 Å². The Morgan fingerprint density at radius 3 is 2.52 bits per heavy atom. The molecule has 0 radical (unpaired) electrons. The summed E-state index contributed by atoms with van der Waals surface area (Å²) in [7, 11) is 0. The average molecular weight is 309 g/mol. The van der Waals surface area contributed by atoms with E-state index in [9.17, 15) is 9.59 Å². The first kappa shape index (κ1) is 15.8. The Labute approximate surface area is 130 Å². The van der Waals surface area contributed by atoms with Crippen LogP contribution >= 0.6 is 11.6 Å². The molecule has 1 fully saturated rings. The zero-order valence-corrected chi connectivity index (χ0v) is 13.2. The van der Waals surface area contributed by atoms with Gasteiger partial charge in [0.05, 0.1) is 6.04 Å². The Morgan fingerprint density at radius 2 is 1.95 bits per heavy atom. The minimum absolute atomic E-state index is 0.0250. The summed E-state index contributed by atoms with van der Waals surface area (Å²) in [5.41, 5.74) is 0.593. The molecule has 4 nitrogen and oxygen atoms in total. The predicted octanol–water partition coefficient (Wildman–Crippen LogP) is 2.72. The van der Waals surface area contributed by atoms with E-state index in [2.05, 4.69) is 12.2 Å². The van der Waals surface area contributed by atoms with Crippen LogP contribution in [0.25, 0.3) is 0 Å². The number of amides is 2. The average Bonchev–Trinajstić information content (AvgIpc) is 2.83. The second-order valence-corrected chi connectivity index (χ2v) is 6.00. The van der Waals surface area contributed by atoms with Crippen molar-refractivity contribution in [1.29, 1.82) is 0 Å². The maximum absolute atomic E-state index is 12.3. The Kier molecular flexibility index (Phi) is 5.23. The van der Waals surface area contributed by atoms with Crippen LogP contribution in [0.4, 0.5) is 0 Å². The van der Waals surface area contributed by atoms with Gasteiger partial charge < -0.3 is 10.2 Å². The van der Waals surface area contributed by atoms with E-state index >= 15 is 0 Å². The molecule has 0 aromatic heterocycles. The standard InChI is InChI=1S/C16H21ClN2O2/c1-3-4-13-9-19(11(2)20)10-15(13)18-16(21)12-5-7-14(17)8-6-12/h5-8,13,15H,3-4,9-10H2,1-2H3,(H,18,21)/t13-,15-/m0/s1. The van der Waals surface area contributed by atoms with Crippen LogP contribution in [0.3, 0.4) is 0 Å². The van der Waals surface area contributed by atoms with Gasteiger partial charge >= 0.3 is 0 Å². The van der Waals surface area contributed by atoms with Crippen molar-refractivity contribution in [1.82, 2.24) is 10.2 Å². The number of hydrogen-bond donors (Lipinski definition) is 1. The number of nitrogens with one attached hydrogen (secondary N) is 1. The van der Waals surface area contributed by atoms with Crippen molar-refractivity contribution in [3.63, 3.8) is 0 Å². The van der Waals surface area contributed by atoms with Gasteiger partial charge in [0, 0.05) is 30.6 Å². The lowest BCUT2D eigenvalue weighted by molar-refractivity contribution is -0.127. The molecule has 0 aliphatic carbocycles. The minimum Gasteiger partial charge on any atom is -0.347 e. The van der Waals surface area contributed by atoms with Crippen molar-refractivity contribution in [2.24, 2.45) is 5.92 Å². The fourth-order valence-corrected chi connectivity index (χ4v) is 2.93. The minimum atomic E-state index is -0.108. The van der Waals surface area contributed by atoms with Gasteiger partial charge in [0.1, 0.15) is 0 Å². The van der Waals surface area contributed by atoms with Gasteiger partial charge in [-0.3, -0.25) is 9.59 Å². The fourth-order valence-electron chi connectivity index (χ4n) is 2.81. The SMILES string of the molecule is CCC[C@H]1CN(C(C)=O)C[C@@H]1NC(=O)c1ccc(Cl)cc1. The van der Waals surface area contributed by atoms with Crippen molar-refractivity contribution in [3.05, 3.63) is 34.9 Å². The van der Waals surface area contributed by atoms with Gasteiger partial charge in [-0.25, -0.2) is 0 Å². The molecule has 1 aliphatic heterocycles. The highest BCUT2D eigenvalue weighted by Crippen LogP contribution is 2.22. The van der Waals surface area contributed by atoms with Gasteiger partial charge in [-0.15, -0.1) is 0 Å². The van der Waals surface area contributed by atoms with E-state index in [1.807, 2.05) is 4.90 Å². The number of nitrogens with zero attached hydrogens (tertiary/aromatic N) is 1. The third-order valence-electron chi connectivity index (χ3n) is 3.97. The molecule has 1 aliphatic rings. The van der Waals surface area contributed by atoms with Crippen LogP contribution in [0.2, 0.25) is 5.02 Å². The number of halogens is 1. The molecule has 1 heterocycles. The van der Waals surface area contributed by atoms with Crippen molar-refractivity contribution in [3.8, 4) is 0 Å². The maximum atomic E-state index is 12.3. The number of hydrogen-bond acceptors (Lipinski definition) is 2. The molecule has 1 saturated heterocycles. The van der Waals surface area contributed by atoms with Gasteiger partial charge in [-0.05, 0) is 36.6 Å². The van der Waals surface area contributed by atoms with Crippen LogP contribution < -0.4 is 5.32 Å². The van der Waals surface area contributed by atoms with Gasteiger partial charge in [0.15, 0.2) is 0 Å². The van der Waals surface area contributed by atoms with Crippen LogP contribution in [-0.4, -0.2) is 35.8 Å². The molecule has 2 amide bonds. The van der Waals surface area contributed by atoms with Crippen molar-refractivity contribution < 1.29 is 9.59 Å². The summed E-state index contributed by atoms with van der Waals surface area (Å²) >= 11 is 5.83. The first-order chi connectivity index (χ1) is 10.0. The second kappa shape index (κ2) is 6.94. The van der Waals surface area contributed by atoms with Crippen LogP contribution in [0.1, 0.15) is 37.0 Å². The first-order valence-electron chi connectivity index (χ1n) is 7.33. The van der Waals surface area contributed by atoms with E-state index in [1.165, 1.54) is 0 Å². The Hall–Kier alpha value is -1.55. The molecule has 1 N–H and O–H groups in total. The molecular weight excluding hydrogens is 288 g/mol. The summed E-state index contributed by atoms with van der Waals surface area (Å²) in [6.07, 6.45) is 2.05. The summed E-state index contributed by atoms with van der Waals surface area (Å²) < 4.78 is 0. The predicted molar refractivity (Wildman–Crippen MR) is 83.4 cm³/mol. The topological polar surface area (TPSA) is 49.4 Å². The van der Waals surface area contributed by atoms with Crippen LogP contribution in [0.15, 0.2) is 24.3 Å². The molecule has 0 bridgehead atoms. The summed E-state index contributed by atoms with van der Waals surface area (Å²) in [6.45, 7) is 5.02. The Balaban J connectivity index is 2.03. The van der Waals surface area contributed by atoms with Gasteiger partial charge in [0.25, 0.3) is 5.91 Å². The lowest BCUT2D eigenvalue weighted by Gasteiger charge is -2.19. The number of benzene rings is 1. The zero-order valence-electron chi connectivity index (χ0n) is 12.4. The normalized spacial score (nSPS) is 21.4. The quantitative estimate of drug-likeness (QED) is 0.930. The summed E-state index contributed by atoms with van der Waals surface area (Å²) in [6, 6.07) is 6.86. The van der Waals surface area contributed by atoms with E-state index in [-0.39, 0.29) is 17.9 Å². The van der Waals surface area contributed by atoms with Crippen LogP contribution in [0.5, 0.6) is 0 Å². The second-order valence-electron chi connectivity index (χ2n) is 5.56. The van der Waals surface area contributed by atoms with Crippen molar-refractivity contribution in [2.45, 2.75) is 32.7 Å². The lowest BCUT2D eigenvalue weighted by Crippen LogP contribution is -2.40. The fraction of sp³-hybridized carbons (Fsp3) is 0.500. The largest absolute Gasteiger partial charge is 0.347 e. The smallest absolute Gasteiger partial charge is 0.251 e. The molecule has 2 rings (SSSR count). The van der Waals surface area contributed by atoms with Gasteiger partial charge in [0.2, 0.25) is 5.91 Å². The number of likely N-dealkylation sites (tertiary alicyclic amines) is 1. The molecule has 5 heteroatoms. The zero-order chi connectivity index (χ0) is 15.4. The third-order valence-corrected chi connectivity index (χ3v) is 4.22.